The lowest BCUT2D eigenvalue weighted by Gasteiger charge is -2.23. The minimum Gasteiger partial charge on any atom is -0.493 e. The Bertz CT molecular complexity index is 453. The molecule has 1 amide bonds. The van der Waals surface area contributed by atoms with E-state index in [1.54, 1.807) is 13.2 Å². The van der Waals surface area contributed by atoms with Gasteiger partial charge in [0.05, 0.1) is 19.3 Å². The van der Waals surface area contributed by atoms with Crippen LogP contribution >= 0.6 is 0 Å². The molecular formula is C16H23NO3. The standard InChI is InChI=1S/C16H23NO3/c1-3-20-15-13(10-7-11-14(15)19-2)16(18)17-12-8-5-4-6-9-12/h7,10-12H,3-6,8-9H2,1-2H3,(H,17,18). The minimum atomic E-state index is -0.0701. The van der Waals surface area contributed by atoms with Gasteiger partial charge in [-0.25, -0.2) is 0 Å². The zero-order chi connectivity index (χ0) is 14.4. The van der Waals surface area contributed by atoms with Crippen LogP contribution in [-0.4, -0.2) is 25.7 Å². The van der Waals surface area contributed by atoms with Crippen LogP contribution in [0.2, 0.25) is 0 Å². The van der Waals surface area contributed by atoms with Crippen LogP contribution in [0.25, 0.3) is 0 Å². The second-order valence-electron chi connectivity index (χ2n) is 5.08. The van der Waals surface area contributed by atoms with E-state index in [2.05, 4.69) is 5.32 Å². The molecule has 0 saturated heterocycles. The highest BCUT2D eigenvalue weighted by Gasteiger charge is 2.21. The molecule has 0 atom stereocenters. The molecule has 0 bridgehead atoms. The smallest absolute Gasteiger partial charge is 0.255 e. The molecule has 1 fully saturated rings. The summed E-state index contributed by atoms with van der Waals surface area (Å²) in [6, 6.07) is 5.70. The lowest BCUT2D eigenvalue weighted by molar-refractivity contribution is 0.0923. The number of benzene rings is 1. The lowest BCUT2D eigenvalue weighted by Crippen LogP contribution is -2.36. The highest BCUT2D eigenvalue weighted by molar-refractivity contribution is 5.98. The number of nitrogens with one attached hydrogen (secondary N) is 1. The number of amides is 1. The molecule has 0 unspecified atom stereocenters. The first-order valence-electron chi connectivity index (χ1n) is 7.37. The summed E-state index contributed by atoms with van der Waals surface area (Å²) in [6.07, 6.45) is 5.80. The molecule has 1 N–H and O–H groups in total. The van der Waals surface area contributed by atoms with Crippen molar-refractivity contribution in [3.63, 3.8) is 0 Å². The molecule has 1 aromatic rings. The van der Waals surface area contributed by atoms with Gasteiger partial charge in [0.15, 0.2) is 11.5 Å². The number of para-hydroxylation sites is 1. The first kappa shape index (κ1) is 14.7. The molecule has 0 radical (unpaired) electrons. The molecule has 110 valence electrons. The van der Waals surface area contributed by atoms with Gasteiger partial charge in [-0.1, -0.05) is 25.3 Å². The van der Waals surface area contributed by atoms with Crippen molar-refractivity contribution < 1.29 is 14.3 Å². The van der Waals surface area contributed by atoms with Crippen LogP contribution in [0.4, 0.5) is 0 Å². The predicted molar refractivity (Wildman–Crippen MR) is 78.5 cm³/mol. The summed E-state index contributed by atoms with van der Waals surface area (Å²) >= 11 is 0. The Morgan fingerprint density at radius 3 is 2.70 bits per heavy atom. The molecule has 0 aromatic heterocycles. The second kappa shape index (κ2) is 7.17. The van der Waals surface area contributed by atoms with Crippen LogP contribution in [0.15, 0.2) is 18.2 Å². The van der Waals surface area contributed by atoms with Crippen molar-refractivity contribution in [2.24, 2.45) is 0 Å². The van der Waals surface area contributed by atoms with Crippen LogP contribution in [0.3, 0.4) is 0 Å². The van der Waals surface area contributed by atoms with Gasteiger partial charge in [0.2, 0.25) is 0 Å². The predicted octanol–water partition coefficient (Wildman–Crippen LogP) is 3.16. The van der Waals surface area contributed by atoms with E-state index in [9.17, 15) is 4.79 Å². The van der Waals surface area contributed by atoms with Gasteiger partial charge in [-0.2, -0.15) is 0 Å². The van der Waals surface area contributed by atoms with Crippen LogP contribution in [0, 0.1) is 0 Å². The molecule has 2 rings (SSSR count). The maximum absolute atomic E-state index is 12.4. The van der Waals surface area contributed by atoms with Gasteiger partial charge in [-0.15, -0.1) is 0 Å². The summed E-state index contributed by atoms with van der Waals surface area (Å²) in [7, 11) is 1.58. The van der Waals surface area contributed by atoms with E-state index in [4.69, 9.17) is 9.47 Å². The van der Waals surface area contributed by atoms with Crippen molar-refractivity contribution >= 4 is 5.91 Å². The number of ether oxygens (including phenoxy) is 2. The van der Waals surface area contributed by atoms with Crippen LogP contribution in [0.1, 0.15) is 49.4 Å². The molecule has 1 aliphatic rings. The third kappa shape index (κ3) is 3.44. The van der Waals surface area contributed by atoms with E-state index in [0.29, 0.717) is 23.7 Å². The summed E-state index contributed by atoms with van der Waals surface area (Å²) in [5.41, 5.74) is 0.553. The number of methoxy groups -OCH3 is 1. The first-order valence-corrected chi connectivity index (χ1v) is 7.37. The SMILES string of the molecule is CCOc1c(OC)cccc1C(=O)NC1CCCCC1. The Morgan fingerprint density at radius 1 is 1.30 bits per heavy atom. The van der Waals surface area contributed by atoms with Gasteiger partial charge < -0.3 is 14.8 Å². The monoisotopic (exact) mass is 277 g/mol. The number of hydrogen-bond acceptors (Lipinski definition) is 3. The summed E-state index contributed by atoms with van der Waals surface area (Å²) in [5, 5.41) is 3.11. The highest BCUT2D eigenvalue weighted by Crippen LogP contribution is 2.31. The van der Waals surface area contributed by atoms with E-state index in [1.807, 2.05) is 19.1 Å². The summed E-state index contributed by atoms with van der Waals surface area (Å²) in [5.74, 6) is 1.06. The summed E-state index contributed by atoms with van der Waals surface area (Å²) in [4.78, 5) is 12.4. The van der Waals surface area contributed by atoms with Crippen molar-refractivity contribution in [3.05, 3.63) is 23.8 Å². The quantitative estimate of drug-likeness (QED) is 0.899. The zero-order valence-electron chi connectivity index (χ0n) is 12.3. The fourth-order valence-corrected chi connectivity index (χ4v) is 2.66. The first-order chi connectivity index (χ1) is 9.76. The van der Waals surface area contributed by atoms with E-state index in [0.717, 1.165) is 12.8 Å². The number of carbonyl (C=O) groups excluding carboxylic acids is 1. The maximum atomic E-state index is 12.4. The molecule has 1 saturated carbocycles. The fraction of sp³-hybridized carbons (Fsp3) is 0.562. The molecule has 20 heavy (non-hydrogen) atoms. The number of rotatable bonds is 5. The molecule has 0 heterocycles. The van der Waals surface area contributed by atoms with E-state index in [-0.39, 0.29) is 11.9 Å². The third-order valence-corrected chi connectivity index (χ3v) is 3.67. The van der Waals surface area contributed by atoms with Gasteiger partial charge >= 0.3 is 0 Å². The maximum Gasteiger partial charge on any atom is 0.255 e. The number of hydrogen-bond donors (Lipinski definition) is 1. The molecule has 4 nitrogen and oxygen atoms in total. The molecule has 1 aliphatic carbocycles. The normalized spacial score (nSPS) is 15.7. The van der Waals surface area contributed by atoms with Crippen molar-refractivity contribution in [3.8, 4) is 11.5 Å². The van der Waals surface area contributed by atoms with E-state index < -0.39 is 0 Å². The molecular weight excluding hydrogens is 254 g/mol. The van der Waals surface area contributed by atoms with Crippen LogP contribution < -0.4 is 14.8 Å². The van der Waals surface area contributed by atoms with Crippen molar-refractivity contribution in [1.82, 2.24) is 5.32 Å². The summed E-state index contributed by atoms with van der Waals surface area (Å²) < 4.78 is 10.9. The van der Waals surface area contributed by atoms with Crippen LogP contribution in [0.5, 0.6) is 11.5 Å². The lowest BCUT2D eigenvalue weighted by atomic mass is 9.95. The van der Waals surface area contributed by atoms with Crippen molar-refractivity contribution in [2.75, 3.05) is 13.7 Å². The zero-order valence-corrected chi connectivity index (χ0v) is 12.3. The fourth-order valence-electron chi connectivity index (χ4n) is 2.66. The molecule has 1 aromatic carbocycles. The topological polar surface area (TPSA) is 47.6 Å². The van der Waals surface area contributed by atoms with Gasteiger partial charge in [-0.3, -0.25) is 4.79 Å². The van der Waals surface area contributed by atoms with Crippen LogP contribution in [-0.2, 0) is 0 Å². The van der Waals surface area contributed by atoms with Gasteiger partial charge in [-0.05, 0) is 31.9 Å². The van der Waals surface area contributed by atoms with Gasteiger partial charge in [0.1, 0.15) is 0 Å². The highest BCUT2D eigenvalue weighted by atomic mass is 16.5. The Balaban J connectivity index is 2.15. The van der Waals surface area contributed by atoms with Gasteiger partial charge in [0.25, 0.3) is 5.91 Å². The average molecular weight is 277 g/mol. The Labute approximate surface area is 120 Å². The Morgan fingerprint density at radius 2 is 2.05 bits per heavy atom. The Hall–Kier alpha value is -1.71. The molecule has 0 aliphatic heterocycles. The van der Waals surface area contributed by atoms with Gasteiger partial charge in [0, 0.05) is 6.04 Å². The van der Waals surface area contributed by atoms with Crippen molar-refractivity contribution in [1.29, 1.82) is 0 Å². The number of carbonyl (C=O) groups is 1. The minimum absolute atomic E-state index is 0.0701. The molecule has 0 spiro atoms. The average Bonchev–Trinajstić information content (AvgIpc) is 2.48. The summed E-state index contributed by atoms with van der Waals surface area (Å²) in [6.45, 7) is 2.40. The Kier molecular flexibility index (Phi) is 5.27. The van der Waals surface area contributed by atoms with E-state index >= 15 is 0 Å². The molecule has 4 heteroatoms. The van der Waals surface area contributed by atoms with Crippen molar-refractivity contribution in [2.45, 2.75) is 45.1 Å². The third-order valence-electron chi connectivity index (χ3n) is 3.67. The largest absolute Gasteiger partial charge is 0.493 e. The second-order valence-corrected chi connectivity index (χ2v) is 5.08. The van der Waals surface area contributed by atoms with E-state index in [1.165, 1.54) is 19.3 Å².